The summed E-state index contributed by atoms with van der Waals surface area (Å²) >= 11 is 0. The van der Waals surface area contributed by atoms with E-state index in [9.17, 15) is 14.7 Å². The third-order valence-electron chi connectivity index (χ3n) is 5.97. The molecule has 0 spiro atoms. The van der Waals surface area contributed by atoms with Gasteiger partial charge in [0.1, 0.15) is 18.2 Å². The highest BCUT2D eigenvalue weighted by molar-refractivity contribution is 5.76. The van der Waals surface area contributed by atoms with E-state index in [-0.39, 0.29) is 19.1 Å². The van der Waals surface area contributed by atoms with Gasteiger partial charge in [-0.15, -0.1) is 0 Å². The van der Waals surface area contributed by atoms with Crippen molar-refractivity contribution in [2.45, 2.75) is 27.3 Å². The van der Waals surface area contributed by atoms with Gasteiger partial charge in [0, 0.05) is 36.8 Å². The normalized spacial score (nSPS) is 17.8. The molecule has 0 radical (unpaired) electrons. The predicted molar refractivity (Wildman–Crippen MR) is 125 cm³/mol. The number of benzene rings is 2. The predicted octanol–water partition coefficient (Wildman–Crippen LogP) is 3.83. The number of aliphatic hydroxyl groups excluding tert-OH is 1. The average Bonchev–Trinajstić information content (AvgIpc) is 2.74. The van der Waals surface area contributed by atoms with Crippen molar-refractivity contribution in [1.82, 2.24) is 19.9 Å². The standard InChI is InChI=1S/C24H28FN5O2/c1-15-6-5-7-16(2)22(15)30(32)14-26-13-20-21(19-9-8-18(25)12-17(19)3)27-24(28-23(20)30)29(4)10-11-31/h5-9,12,26,31H,10-11,13-14H2,1-4H3. The number of likely N-dealkylation sites (N-methyl/N-ethyl adjacent to an activating group) is 1. The maximum Gasteiger partial charge on any atom is 0.243 e. The Balaban J connectivity index is 2.02. The lowest BCUT2D eigenvalue weighted by atomic mass is 9.99. The van der Waals surface area contributed by atoms with Gasteiger partial charge in [-0.3, -0.25) is 9.96 Å². The molecule has 32 heavy (non-hydrogen) atoms. The summed E-state index contributed by atoms with van der Waals surface area (Å²) in [6.07, 6.45) is 0. The third kappa shape index (κ3) is 3.75. The zero-order valence-electron chi connectivity index (χ0n) is 18.8. The second-order valence-electron chi connectivity index (χ2n) is 8.34. The van der Waals surface area contributed by atoms with Crippen LogP contribution in [-0.2, 0) is 6.54 Å². The highest BCUT2D eigenvalue weighted by atomic mass is 19.1. The molecule has 0 bridgehead atoms. The Labute approximate surface area is 187 Å². The van der Waals surface area contributed by atoms with Gasteiger partial charge < -0.3 is 15.2 Å². The lowest BCUT2D eigenvalue weighted by molar-refractivity contribution is 0.303. The third-order valence-corrected chi connectivity index (χ3v) is 5.97. The van der Waals surface area contributed by atoms with Crippen LogP contribution in [0, 0.1) is 31.8 Å². The van der Waals surface area contributed by atoms with Gasteiger partial charge in [-0.05, 0) is 44.5 Å². The zero-order valence-corrected chi connectivity index (χ0v) is 18.8. The minimum atomic E-state index is -0.760. The van der Waals surface area contributed by atoms with Crippen LogP contribution in [0.2, 0.25) is 0 Å². The molecule has 7 nitrogen and oxygen atoms in total. The van der Waals surface area contributed by atoms with Crippen LogP contribution in [0.1, 0.15) is 22.3 Å². The van der Waals surface area contributed by atoms with E-state index in [2.05, 4.69) is 5.32 Å². The van der Waals surface area contributed by atoms with Crippen molar-refractivity contribution >= 4 is 17.5 Å². The number of nitrogens with zero attached hydrogens (tertiary/aromatic N) is 4. The number of anilines is 1. The first kappa shape index (κ1) is 22.3. The molecule has 1 aliphatic rings. The van der Waals surface area contributed by atoms with E-state index in [0.717, 1.165) is 22.3 Å². The fourth-order valence-corrected chi connectivity index (χ4v) is 4.43. The number of fused-ring (bicyclic) bond motifs is 1. The molecule has 1 aromatic heterocycles. The summed E-state index contributed by atoms with van der Waals surface area (Å²) in [5.74, 6) is 0.395. The Bertz CT molecular complexity index is 1150. The van der Waals surface area contributed by atoms with Crippen molar-refractivity contribution in [2.24, 2.45) is 0 Å². The van der Waals surface area contributed by atoms with Crippen LogP contribution in [0.15, 0.2) is 36.4 Å². The van der Waals surface area contributed by atoms with Gasteiger partial charge in [0.2, 0.25) is 11.8 Å². The quantitative estimate of drug-likeness (QED) is 0.466. The molecule has 8 heteroatoms. The average molecular weight is 438 g/mol. The number of aromatic nitrogens is 2. The van der Waals surface area contributed by atoms with E-state index >= 15 is 0 Å². The van der Waals surface area contributed by atoms with Crippen LogP contribution in [0.25, 0.3) is 11.3 Å². The van der Waals surface area contributed by atoms with Crippen LogP contribution < -0.4 is 14.9 Å². The van der Waals surface area contributed by atoms with E-state index in [1.54, 1.807) is 18.0 Å². The minimum Gasteiger partial charge on any atom is -0.620 e. The summed E-state index contributed by atoms with van der Waals surface area (Å²) in [6, 6.07) is 10.3. The highest BCUT2D eigenvalue weighted by Gasteiger charge is 2.37. The molecule has 2 N–H and O–H groups in total. The number of hydroxylamine groups is 1. The number of quaternary nitrogens is 1. The monoisotopic (exact) mass is 437 g/mol. The summed E-state index contributed by atoms with van der Waals surface area (Å²) in [5.41, 5.74) is 5.20. The molecule has 4 rings (SSSR count). The van der Waals surface area contributed by atoms with Crippen LogP contribution in [0.4, 0.5) is 21.8 Å². The molecule has 0 saturated heterocycles. The van der Waals surface area contributed by atoms with Gasteiger partial charge in [-0.2, -0.15) is 4.98 Å². The fourth-order valence-electron chi connectivity index (χ4n) is 4.43. The van der Waals surface area contributed by atoms with E-state index in [4.69, 9.17) is 9.97 Å². The number of rotatable bonds is 5. The van der Waals surface area contributed by atoms with Gasteiger partial charge in [0.05, 0.1) is 17.9 Å². The summed E-state index contributed by atoms with van der Waals surface area (Å²) < 4.78 is 13.0. The van der Waals surface area contributed by atoms with Crippen molar-refractivity contribution in [3.05, 3.63) is 69.7 Å². The van der Waals surface area contributed by atoms with E-state index < -0.39 is 4.65 Å². The Morgan fingerprint density at radius 2 is 1.84 bits per heavy atom. The van der Waals surface area contributed by atoms with Gasteiger partial charge in [0.15, 0.2) is 0 Å². The summed E-state index contributed by atoms with van der Waals surface area (Å²) in [6.45, 7) is 6.50. The molecule has 0 fully saturated rings. The summed E-state index contributed by atoms with van der Waals surface area (Å²) in [4.78, 5) is 11.2. The molecular weight excluding hydrogens is 409 g/mol. The van der Waals surface area contributed by atoms with Crippen molar-refractivity contribution in [3.8, 4) is 11.3 Å². The molecule has 1 unspecified atom stereocenters. The molecule has 3 aromatic rings. The van der Waals surface area contributed by atoms with Crippen LogP contribution in [0.3, 0.4) is 0 Å². The van der Waals surface area contributed by atoms with E-state index in [1.807, 2.05) is 39.0 Å². The Morgan fingerprint density at radius 3 is 2.50 bits per heavy atom. The molecule has 1 aliphatic heterocycles. The highest BCUT2D eigenvalue weighted by Crippen LogP contribution is 2.44. The van der Waals surface area contributed by atoms with Crippen molar-refractivity contribution < 1.29 is 9.50 Å². The summed E-state index contributed by atoms with van der Waals surface area (Å²) in [7, 11) is 1.78. The number of aliphatic hydroxyl groups is 1. The number of hydrogen-bond acceptors (Lipinski definition) is 6. The first-order chi connectivity index (χ1) is 15.3. The Kier molecular flexibility index (Phi) is 5.96. The molecule has 2 aromatic carbocycles. The second-order valence-corrected chi connectivity index (χ2v) is 8.34. The lowest BCUT2D eigenvalue weighted by Crippen LogP contribution is -2.51. The van der Waals surface area contributed by atoms with Crippen LogP contribution in [-0.4, -0.2) is 41.9 Å². The Hall–Kier alpha value is -2.91. The molecule has 0 amide bonds. The Morgan fingerprint density at radius 1 is 1.12 bits per heavy atom. The van der Waals surface area contributed by atoms with Crippen molar-refractivity contribution in [1.29, 1.82) is 0 Å². The van der Waals surface area contributed by atoms with Gasteiger partial charge >= 0.3 is 0 Å². The molecule has 168 valence electrons. The molecular formula is C24H28FN5O2. The number of aryl methyl sites for hydroxylation is 3. The number of nitrogens with one attached hydrogen (secondary N) is 1. The smallest absolute Gasteiger partial charge is 0.243 e. The summed E-state index contributed by atoms with van der Waals surface area (Å²) in [5, 5.41) is 27.2. The number of para-hydroxylation sites is 1. The van der Waals surface area contributed by atoms with E-state index in [0.29, 0.717) is 41.8 Å². The van der Waals surface area contributed by atoms with Gasteiger partial charge in [-0.25, -0.2) is 9.37 Å². The topological polar surface area (TPSA) is 84.3 Å². The second kappa shape index (κ2) is 8.55. The first-order valence-electron chi connectivity index (χ1n) is 10.6. The van der Waals surface area contributed by atoms with Crippen molar-refractivity contribution in [2.75, 3.05) is 31.8 Å². The number of halogens is 1. The van der Waals surface area contributed by atoms with Crippen LogP contribution in [0.5, 0.6) is 0 Å². The maximum atomic E-state index is 14.5. The molecule has 2 heterocycles. The largest absolute Gasteiger partial charge is 0.620 e. The first-order valence-corrected chi connectivity index (χ1v) is 10.6. The molecule has 0 saturated carbocycles. The maximum absolute atomic E-state index is 14.5. The lowest BCUT2D eigenvalue weighted by Gasteiger charge is -2.45. The van der Waals surface area contributed by atoms with Crippen LogP contribution >= 0.6 is 0 Å². The van der Waals surface area contributed by atoms with Crippen molar-refractivity contribution in [3.63, 3.8) is 0 Å². The minimum absolute atomic E-state index is 0.0717. The van der Waals surface area contributed by atoms with Gasteiger partial charge in [0.25, 0.3) is 0 Å². The SMILES string of the molecule is Cc1cc(F)ccc1-c1nc(N(C)CCO)nc2c1CNC[N+]2([O-])c1c(C)cccc1C. The molecule has 1 atom stereocenters. The fraction of sp³-hybridized carbons (Fsp3) is 0.333. The number of hydrogen-bond donors (Lipinski definition) is 2. The zero-order chi connectivity index (χ0) is 23.0. The van der Waals surface area contributed by atoms with Gasteiger partial charge in [-0.1, -0.05) is 18.2 Å². The molecule has 0 aliphatic carbocycles. The van der Waals surface area contributed by atoms with E-state index in [1.165, 1.54) is 12.1 Å².